The van der Waals surface area contributed by atoms with Crippen molar-refractivity contribution in [3.8, 4) is 17.6 Å². The number of rotatable bonds is 7. The summed E-state index contributed by atoms with van der Waals surface area (Å²) in [7, 11) is 0. The van der Waals surface area contributed by atoms with E-state index in [4.69, 9.17) is 10.00 Å². The average Bonchev–Trinajstić information content (AvgIpc) is 2.71. The maximum atomic E-state index is 14.6. The third kappa shape index (κ3) is 5.53. The molecule has 0 radical (unpaired) electrons. The van der Waals surface area contributed by atoms with Gasteiger partial charge in [0, 0.05) is 15.7 Å². The Kier molecular flexibility index (Phi) is 7.26. The molecule has 0 bridgehead atoms. The third-order valence-corrected chi connectivity index (χ3v) is 5.25. The normalized spacial score (nSPS) is 11.5. The van der Waals surface area contributed by atoms with E-state index in [9.17, 15) is 27.2 Å². The van der Waals surface area contributed by atoms with Crippen molar-refractivity contribution in [2.24, 2.45) is 0 Å². The van der Waals surface area contributed by atoms with Crippen LogP contribution in [0.2, 0.25) is 0 Å². The molecule has 0 atom stereocenters. The van der Waals surface area contributed by atoms with E-state index in [0.717, 1.165) is 10.9 Å². The molecule has 34 heavy (non-hydrogen) atoms. The zero-order valence-electron chi connectivity index (χ0n) is 17.8. The third-order valence-electron chi connectivity index (χ3n) is 4.80. The van der Waals surface area contributed by atoms with Gasteiger partial charge in [0.25, 0.3) is 17.0 Å². The van der Waals surface area contributed by atoms with Gasteiger partial charge in [-0.2, -0.15) is 14.0 Å². The number of nitriles is 1. The molecule has 7 nitrogen and oxygen atoms in total. The summed E-state index contributed by atoms with van der Waals surface area (Å²) in [5.41, 5.74) is -1.46. The van der Waals surface area contributed by atoms with Gasteiger partial charge in [-0.05, 0) is 43.7 Å². The second-order valence-corrected chi connectivity index (χ2v) is 8.40. The lowest BCUT2D eigenvalue weighted by atomic mass is 10.1. The summed E-state index contributed by atoms with van der Waals surface area (Å²) in [5, 5.41) is 9.13. The molecule has 1 N–H and O–H groups in total. The molecular formula is C22H17BrF4N4O3. The number of H-pyrrole nitrogens is 1. The number of nitrogens with one attached hydrogen (secondary N) is 1. The lowest BCUT2D eigenvalue weighted by Crippen LogP contribution is -2.30. The smallest absolute Gasteiger partial charge is 0.299 e. The van der Waals surface area contributed by atoms with Crippen molar-refractivity contribution < 1.29 is 22.3 Å². The molecule has 1 aromatic carbocycles. The molecule has 0 unspecified atom stereocenters. The lowest BCUT2D eigenvalue weighted by Gasteiger charge is -2.19. The first kappa shape index (κ1) is 25.2. The second-order valence-electron chi connectivity index (χ2n) is 7.49. The van der Waals surface area contributed by atoms with E-state index in [1.807, 2.05) is 6.07 Å². The average molecular weight is 541 g/mol. The van der Waals surface area contributed by atoms with Gasteiger partial charge in [-0.3, -0.25) is 14.2 Å². The number of benzene rings is 1. The van der Waals surface area contributed by atoms with Gasteiger partial charge in [0.1, 0.15) is 5.75 Å². The number of nitrogens with zero attached hydrogens (tertiary/aromatic N) is 3. The van der Waals surface area contributed by atoms with Crippen LogP contribution >= 0.6 is 15.9 Å². The molecule has 178 valence electrons. The van der Waals surface area contributed by atoms with Crippen LogP contribution in [0.25, 0.3) is 0 Å². The Balaban J connectivity index is 2.17. The van der Waals surface area contributed by atoms with Crippen LogP contribution in [0.4, 0.5) is 17.6 Å². The monoisotopic (exact) mass is 540 g/mol. The summed E-state index contributed by atoms with van der Waals surface area (Å²) in [6.07, 6.45) is -4.50. The number of aromatic nitrogens is 3. The van der Waals surface area contributed by atoms with Crippen molar-refractivity contribution in [2.75, 3.05) is 0 Å². The number of hydrogen-bond donors (Lipinski definition) is 1. The summed E-state index contributed by atoms with van der Waals surface area (Å²) >= 11 is 3.14. The molecular weight excluding hydrogens is 524 g/mol. The number of alkyl halides is 4. The van der Waals surface area contributed by atoms with Gasteiger partial charge in [0.15, 0.2) is 5.69 Å². The van der Waals surface area contributed by atoms with Gasteiger partial charge in [0.2, 0.25) is 12.2 Å². The molecule has 0 fully saturated rings. The van der Waals surface area contributed by atoms with Crippen LogP contribution in [0.15, 0.2) is 44.7 Å². The van der Waals surface area contributed by atoms with Crippen molar-refractivity contribution in [1.82, 2.24) is 14.5 Å². The summed E-state index contributed by atoms with van der Waals surface area (Å²) in [4.78, 5) is 31.6. The van der Waals surface area contributed by atoms with Gasteiger partial charge in [-0.25, -0.2) is 13.8 Å². The van der Waals surface area contributed by atoms with Crippen LogP contribution in [-0.2, 0) is 12.5 Å². The summed E-state index contributed by atoms with van der Waals surface area (Å²) in [6, 6.07) is 7.43. The fourth-order valence-corrected chi connectivity index (χ4v) is 3.75. The SMILES string of the molecule is Cc1cc(C)c(Cn2cnc(C(F)(F)CC(F)F)c(Oc3cc(Br)cc(C#N)c3)c2=O)c(=O)[nH]1. The van der Waals surface area contributed by atoms with Gasteiger partial charge < -0.3 is 9.72 Å². The highest BCUT2D eigenvalue weighted by atomic mass is 79.9. The topological polar surface area (TPSA) is 101 Å². The van der Waals surface area contributed by atoms with E-state index in [1.165, 1.54) is 18.2 Å². The minimum Gasteiger partial charge on any atom is -0.449 e. The maximum absolute atomic E-state index is 14.6. The van der Waals surface area contributed by atoms with Crippen LogP contribution in [0.5, 0.6) is 11.5 Å². The number of pyridine rings is 1. The molecule has 0 amide bonds. The molecule has 3 rings (SSSR count). The summed E-state index contributed by atoms with van der Waals surface area (Å²) < 4.78 is 61.5. The van der Waals surface area contributed by atoms with Gasteiger partial charge in [0.05, 0.1) is 30.9 Å². The first-order valence-corrected chi connectivity index (χ1v) is 10.5. The van der Waals surface area contributed by atoms with E-state index >= 15 is 0 Å². The molecule has 3 aromatic rings. The number of halogens is 5. The maximum Gasteiger partial charge on any atom is 0.299 e. The summed E-state index contributed by atoms with van der Waals surface area (Å²) in [5.74, 6) is -5.35. The predicted molar refractivity (Wildman–Crippen MR) is 118 cm³/mol. The highest BCUT2D eigenvalue weighted by Gasteiger charge is 2.41. The minimum atomic E-state index is -4.19. The van der Waals surface area contributed by atoms with Crippen LogP contribution in [-0.4, -0.2) is 21.0 Å². The van der Waals surface area contributed by atoms with E-state index in [1.54, 1.807) is 19.9 Å². The Morgan fingerprint density at radius 2 is 1.94 bits per heavy atom. The van der Waals surface area contributed by atoms with Crippen LogP contribution < -0.4 is 15.9 Å². The molecule has 0 spiro atoms. The first-order chi connectivity index (χ1) is 15.9. The van der Waals surface area contributed by atoms with E-state index < -0.39 is 41.3 Å². The van der Waals surface area contributed by atoms with E-state index in [-0.39, 0.29) is 23.4 Å². The molecule has 0 aliphatic heterocycles. The van der Waals surface area contributed by atoms with Crippen molar-refractivity contribution in [1.29, 1.82) is 5.26 Å². The Hall–Kier alpha value is -3.46. The molecule has 12 heteroatoms. The molecule has 0 saturated carbocycles. The van der Waals surface area contributed by atoms with Crippen molar-refractivity contribution in [3.05, 3.63) is 83.9 Å². The standard InChI is InChI=1S/C22H17BrF4N4O3/c1-11-3-12(2)30-20(32)16(11)9-31-10-29-19(22(26,27)7-17(24)25)18(21(31)33)34-15-5-13(8-28)4-14(23)6-15/h3-6,10,17H,7,9H2,1-2H3,(H,30,32). The Labute approximate surface area is 198 Å². The Morgan fingerprint density at radius 1 is 1.24 bits per heavy atom. The van der Waals surface area contributed by atoms with Gasteiger partial charge >= 0.3 is 0 Å². The predicted octanol–water partition coefficient (Wildman–Crippen LogP) is 4.77. The van der Waals surface area contributed by atoms with Crippen LogP contribution in [0.1, 0.15) is 34.5 Å². The highest BCUT2D eigenvalue weighted by Crippen LogP contribution is 2.38. The Morgan fingerprint density at radius 3 is 2.56 bits per heavy atom. The van der Waals surface area contributed by atoms with Crippen LogP contribution in [0, 0.1) is 25.2 Å². The van der Waals surface area contributed by atoms with Crippen LogP contribution in [0.3, 0.4) is 0 Å². The minimum absolute atomic E-state index is 0.0938. The number of aromatic amines is 1. The fourth-order valence-electron chi connectivity index (χ4n) is 3.28. The number of ether oxygens (including phenoxy) is 1. The van der Waals surface area contributed by atoms with Crippen molar-refractivity contribution in [3.63, 3.8) is 0 Å². The molecule has 0 aliphatic rings. The highest BCUT2D eigenvalue weighted by molar-refractivity contribution is 9.10. The molecule has 0 aliphatic carbocycles. The largest absolute Gasteiger partial charge is 0.449 e. The second kappa shape index (κ2) is 9.80. The lowest BCUT2D eigenvalue weighted by molar-refractivity contribution is -0.0643. The fraction of sp³-hybridized carbons (Fsp3) is 0.273. The number of hydrogen-bond acceptors (Lipinski definition) is 5. The summed E-state index contributed by atoms with van der Waals surface area (Å²) in [6.45, 7) is 2.99. The zero-order chi connectivity index (χ0) is 25.2. The quantitative estimate of drug-likeness (QED) is 0.435. The van der Waals surface area contributed by atoms with Crippen molar-refractivity contribution in [2.45, 2.75) is 39.2 Å². The Bertz CT molecular complexity index is 1400. The molecule has 2 aromatic heterocycles. The van der Waals surface area contributed by atoms with E-state index in [2.05, 4.69) is 25.9 Å². The van der Waals surface area contributed by atoms with Gasteiger partial charge in [-0.15, -0.1) is 0 Å². The van der Waals surface area contributed by atoms with Crippen molar-refractivity contribution >= 4 is 15.9 Å². The van der Waals surface area contributed by atoms with Gasteiger partial charge in [-0.1, -0.05) is 15.9 Å². The number of aryl methyl sites for hydroxylation is 2. The molecule has 0 saturated heterocycles. The molecule has 2 heterocycles. The van der Waals surface area contributed by atoms with E-state index in [0.29, 0.717) is 15.7 Å². The zero-order valence-corrected chi connectivity index (χ0v) is 19.4. The first-order valence-electron chi connectivity index (χ1n) is 9.75.